The molecule has 4 heteroatoms. The van der Waals surface area contributed by atoms with Crippen molar-refractivity contribution in [2.24, 2.45) is 23.5 Å². The quantitative estimate of drug-likeness (QED) is 0.838. The summed E-state index contributed by atoms with van der Waals surface area (Å²) in [7, 11) is 0. The molecule has 0 aliphatic heterocycles. The van der Waals surface area contributed by atoms with Crippen LogP contribution in [-0.4, -0.2) is 18.0 Å². The van der Waals surface area contributed by atoms with Crippen LogP contribution in [0.5, 0.6) is 0 Å². The molecule has 3 N–H and O–H groups in total. The van der Waals surface area contributed by atoms with Gasteiger partial charge in [0.05, 0.1) is 5.54 Å². The monoisotopic (exact) mass is 286 g/mol. The lowest BCUT2D eigenvalue weighted by Crippen LogP contribution is -2.55. The molecule has 0 aromatic heterocycles. The molecule has 110 valence electrons. The molecule has 0 radical (unpaired) electrons. The van der Waals surface area contributed by atoms with Gasteiger partial charge in [0.15, 0.2) is 0 Å². The summed E-state index contributed by atoms with van der Waals surface area (Å²) < 4.78 is 0. The first-order valence-corrected chi connectivity index (χ1v) is 7.74. The Morgan fingerprint density at radius 3 is 2.47 bits per heavy atom. The number of hydrogen-bond acceptors (Lipinski definition) is 2. The Morgan fingerprint density at radius 2 is 1.89 bits per heavy atom. The lowest BCUT2D eigenvalue weighted by molar-refractivity contribution is -0.127. The minimum absolute atomic E-state index is 0. The lowest BCUT2D eigenvalue weighted by Gasteiger charge is -2.33. The Kier molecular flexibility index (Phi) is 4.78. The standard InChI is InChI=1S/C15H26N2O.ClH/c16-15(6-2-1-3-7-15)14(18)17-10-13-9-11-4-5-12(13)8-11;/h11-13H,1-10,16H2,(H,17,18);1H. The van der Waals surface area contributed by atoms with Crippen LogP contribution in [0.15, 0.2) is 0 Å². The fourth-order valence-electron chi connectivity index (χ4n) is 4.44. The molecule has 3 unspecified atom stereocenters. The van der Waals surface area contributed by atoms with E-state index < -0.39 is 5.54 Å². The molecule has 3 aliphatic rings. The Labute approximate surface area is 122 Å². The lowest BCUT2D eigenvalue weighted by atomic mass is 9.81. The van der Waals surface area contributed by atoms with Crippen LogP contribution in [0.1, 0.15) is 57.8 Å². The van der Waals surface area contributed by atoms with E-state index in [-0.39, 0.29) is 18.3 Å². The van der Waals surface area contributed by atoms with Crippen molar-refractivity contribution in [3.05, 3.63) is 0 Å². The predicted molar refractivity (Wildman–Crippen MR) is 79.2 cm³/mol. The second-order valence-electron chi connectivity index (χ2n) is 6.86. The number of fused-ring (bicyclic) bond motifs is 2. The van der Waals surface area contributed by atoms with Gasteiger partial charge in [-0.05, 0) is 49.9 Å². The molecule has 0 spiro atoms. The predicted octanol–water partition coefficient (Wildman–Crippen LogP) is 2.62. The first-order chi connectivity index (χ1) is 8.67. The summed E-state index contributed by atoms with van der Waals surface area (Å²) >= 11 is 0. The van der Waals surface area contributed by atoms with Crippen molar-refractivity contribution < 1.29 is 4.79 Å². The highest BCUT2D eigenvalue weighted by molar-refractivity contribution is 5.86. The molecular weight excluding hydrogens is 260 g/mol. The molecule has 1 amide bonds. The van der Waals surface area contributed by atoms with Crippen LogP contribution in [0.4, 0.5) is 0 Å². The van der Waals surface area contributed by atoms with Gasteiger partial charge in [-0.2, -0.15) is 0 Å². The van der Waals surface area contributed by atoms with Crippen molar-refractivity contribution in [2.75, 3.05) is 6.54 Å². The van der Waals surface area contributed by atoms with Gasteiger partial charge in [-0.15, -0.1) is 12.4 Å². The summed E-state index contributed by atoms with van der Waals surface area (Å²) in [6.07, 6.45) is 10.8. The summed E-state index contributed by atoms with van der Waals surface area (Å²) in [5.41, 5.74) is 5.69. The molecule has 3 atom stereocenters. The molecule has 2 bridgehead atoms. The highest BCUT2D eigenvalue weighted by Crippen LogP contribution is 2.47. The zero-order chi connectivity index (χ0) is 12.6. The van der Waals surface area contributed by atoms with Crippen LogP contribution >= 0.6 is 12.4 Å². The van der Waals surface area contributed by atoms with Crippen LogP contribution in [0.3, 0.4) is 0 Å². The summed E-state index contributed by atoms with van der Waals surface area (Å²) in [4.78, 5) is 12.2. The molecule has 3 nitrogen and oxygen atoms in total. The van der Waals surface area contributed by atoms with Gasteiger partial charge in [0, 0.05) is 6.54 Å². The molecule has 0 saturated heterocycles. The third-order valence-electron chi connectivity index (χ3n) is 5.61. The number of nitrogens with two attached hydrogens (primary N) is 1. The summed E-state index contributed by atoms with van der Waals surface area (Å²) in [5, 5.41) is 3.16. The van der Waals surface area contributed by atoms with Gasteiger partial charge < -0.3 is 11.1 Å². The highest BCUT2D eigenvalue weighted by Gasteiger charge is 2.40. The molecule has 19 heavy (non-hydrogen) atoms. The largest absolute Gasteiger partial charge is 0.354 e. The van der Waals surface area contributed by atoms with Gasteiger partial charge in [-0.25, -0.2) is 0 Å². The van der Waals surface area contributed by atoms with E-state index in [4.69, 9.17) is 5.73 Å². The minimum atomic E-state index is -0.560. The van der Waals surface area contributed by atoms with E-state index in [1.807, 2.05) is 0 Å². The van der Waals surface area contributed by atoms with Crippen molar-refractivity contribution in [1.29, 1.82) is 0 Å². The van der Waals surface area contributed by atoms with Crippen molar-refractivity contribution in [3.63, 3.8) is 0 Å². The van der Waals surface area contributed by atoms with E-state index in [0.717, 1.165) is 50.0 Å². The number of rotatable bonds is 3. The number of nitrogens with one attached hydrogen (secondary N) is 1. The van der Waals surface area contributed by atoms with Crippen LogP contribution in [0.2, 0.25) is 0 Å². The first-order valence-electron chi connectivity index (χ1n) is 7.74. The summed E-state index contributed by atoms with van der Waals surface area (Å²) in [6.45, 7) is 0.874. The third kappa shape index (κ3) is 3.08. The van der Waals surface area contributed by atoms with E-state index >= 15 is 0 Å². The normalized spacial score (nSPS) is 35.7. The van der Waals surface area contributed by atoms with Gasteiger partial charge >= 0.3 is 0 Å². The van der Waals surface area contributed by atoms with Crippen LogP contribution < -0.4 is 11.1 Å². The smallest absolute Gasteiger partial charge is 0.240 e. The number of hydrogen-bond donors (Lipinski definition) is 2. The topological polar surface area (TPSA) is 55.1 Å². The zero-order valence-electron chi connectivity index (χ0n) is 11.7. The van der Waals surface area contributed by atoms with E-state index in [2.05, 4.69) is 5.32 Å². The Hall–Kier alpha value is -0.280. The summed E-state index contributed by atoms with van der Waals surface area (Å²) in [5.74, 6) is 2.69. The summed E-state index contributed by atoms with van der Waals surface area (Å²) in [6, 6.07) is 0. The van der Waals surface area contributed by atoms with Crippen molar-refractivity contribution >= 4 is 18.3 Å². The van der Waals surface area contributed by atoms with Gasteiger partial charge in [0.25, 0.3) is 0 Å². The Bertz CT molecular complexity index is 328. The Balaban J connectivity index is 0.00000133. The molecule has 0 aromatic rings. The molecule has 0 aromatic carbocycles. The van der Waals surface area contributed by atoms with Crippen molar-refractivity contribution in [1.82, 2.24) is 5.32 Å². The minimum Gasteiger partial charge on any atom is -0.354 e. The van der Waals surface area contributed by atoms with Gasteiger partial charge in [-0.3, -0.25) is 4.79 Å². The number of halogens is 1. The molecular formula is C15H27ClN2O. The van der Waals surface area contributed by atoms with Gasteiger partial charge in [0.2, 0.25) is 5.91 Å². The SMILES string of the molecule is Cl.NC1(C(=O)NCC2CC3CCC2C3)CCCCC1. The van der Waals surface area contributed by atoms with Gasteiger partial charge in [-0.1, -0.05) is 25.7 Å². The van der Waals surface area contributed by atoms with E-state index in [1.165, 1.54) is 32.1 Å². The van der Waals surface area contributed by atoms with Gasteiger partial charge in [0.1, 0.15) is 0 Å². The maximum Gasteiger partial charge on any atom is 0.240 e. The van der Waals surface area contributed by atoms with E-state index in [1.54, 1.807) is 0 Å². The van der Waals surface area contributed by atoms with Crippen molar-refractivity contribution in [2.45, 2.75) is 63.3 Å². The second kappa shape index (κ2) is 6.01. The average Bonchev–Trinajstić information content (AvgIpc) is 2.99. The van der Waals surface area contributed by atoms with Crippen LogP contribution in [-0.2, 0) is 4.79 Å². The van der Waals surface area contributed by atoms with Crippen LogP contribution in [0, 0.1) is 17.8 Å². The fourth-order valence-corrected chi connectivity index (χ4v) is 4.44. The highest BCUT2D eigenvalue weighted by atomic mass is 35.5. The molecule has 3 rings (SSSR count). The average molecular weight is 287 g/mol. The Morgan fingerprint density at radius 1 is 1.16 bits per heavy atom. The number of carbonyl (C=O) groups is 1. The molecule has 0 heterocycles. The molecule has 3 aliphatic carbocycles. The third-order valence-corrected chi connectivity index (χ3v) is 5.61. The van der Waals surface area contributed by atoms with E-state index in [9.17, 15) is 4.79 Å². The van der Waals surface area contributed by atoms with E-state index in [0.29, 0.717) is 0 Å². The zero-order valence-corrected chi connectivity index (χ0v) is 12.5. The molecule has 3 fully saturated rings. The maximum absolute atomic E-state index is 12.2. The fraction of sp³-hybridized carbons (Fsp3) is 0.933. The first kappa shape index (κ1) is 15.1. The van der Waals surface area contributed by atoms with Crippen LogP contribution in [0.25, 0.3) is 0 Å². The number of amides is 1. The number of carbonyl (C=O) groups excluding carboxylic acids is 1. The van der Waals surface area contributed by atoms with Crippen molar-refractivity contribution in [3.8, 4) is 0 Å². The second-order valence-corrected chi connectivity index (χ2v) is 6.86. The maximum atomic E-state index is 12.2. The molecule has 3 saturated carbocycles.